The Hall–Kier alpha value is -2.38. The molecule has 2 fully saturated rings. The van der Waals surface area contributed by atoms with Crippen LogP contribution in [-0.2, 0) is 22.5 Å². The lowest BCUT2D eigenvalue weighted by Crippen LogP contribution is -2.36. The van der Waals surface area contributed by atoms with Crippen molar-refractivity contribution in [2.75, 3.05) is 13.2 Å². The third-order valence-electron chi connectivity index (χ3n) is 6.61. The molecule has 0 spiro atoms. The van der Waals surface area contributed by atoms with Gasteiger partial charge < -0.3 is 5.11 Å². The van der Waals surface area contributed by atoms with Crippen LogP contribution in [0.3, 0.4) is 0 Å². The molecule has 2 aromatic carbocycles. The molecule has 32 heavy (non-hydrogen) atoms. The minimum absolute atomic E-state index is 0.0793. The number of nitrogens with zero attached hydrogens (tertiary/aromatic N) is 1. The Labute approximate surface area is 186 Å². The largest absolute Gasteiger partial charge is 0.396 e. The van der Waals surface area contributed by atoms with Crippen molar-refractivity contribution in [2.45, 2.75) is 51.0 Å². The Balaban J connectivity index is 1.34. The highest BCUT2D eigenvalue weighted by Gasteiger charge is 2.37. The molecule has 1 aliphatic heterocycles. The molecule has 1 N–H and O–H groups in total. The molecule has 0 unspecified atom stereocenters. The molecule has 1 atom stereocenters. The second-order valence-corrected chi connectivity index (χ2v) is 8.83. The number of hydrogen-bond donors (Lipinski definition) is 1. The topological polar surface area (TPSA) is 49.8 Å². The van der Waals surface area contributed by atoms with Gasteiger partial charge in [-0.25, -0.2) is 18.2 Å². The van der Waals surface area contributed by atoms with E-state index in [1.807, 2.05) is 6.07 Å². The summed E-state index contributed by atoms with van der Waals surface area (Å²) in [6.45, 7) is 0.256. The molecular weight excluding hydrogens is 419 g/mol. The fraction of sp³-hybridized carbons (Fsp3) is 0.480. The van der Waals surface area contributed by atoms with E-state index >= 15 is 0 Å². The zero-order valence-corrected chi connectivity index (χ0v) is 17.9. The molecule has 0 aromatic heterocycles. The highest BCUT2D eigenvalue weighted by atomic mass is 19.1. The van der Waals surface area contributed by atoms with Crippen molar-refractivity contribution in [3.8, 4) is 0 Å². The molecular formula is C25H28F3NO3. The molecule has 0 bridgehead atoms. The highest BCUT2D eigenvalue weighted by Crippen LogP contribution is 2.37. The van der Waals surface area contributed by atoms with E-state index in [2.05, 4.69) is 0 Å². The summed E-state index contributed by atoms with van der Waals surface area (Å²) in [6, 6.07) is 8.03. The van der Waals surface area contributed by atoms with Gasteiger partial charge in [0.05, 0.1) is 12.6 Å². The van der Waals surface area contributed by atoms with E-state index in [9.17, 15) is 18.0 Å². The van der Waals surface area contributed by atoms with Gasteiger partial charge in [0.15, 0.2) is 0 Å². The summed E-state index contributed by atoms with van der Waals surface area (Å²) in [5.74, 6) is -1.56. The second-order valence-electron chi connectivity index (χ2n) is 8.83. The van der Waals surface area contributed by atoms with Crippen molar-refractivity contribution >= 4 is 5.91 Å². The molecule has 1 heterocycles. The van der Waals surface area contributed by atoms with Crippen molar-refractivity contribution in [3.05, 3.63) is 70.5 Å². The predicted octanol–water partition coefficient (Wildman–Crippen LogP) is 4.89. The molecule has 7 heteroatoms. The maximum Gasteiger partial charge on any atom is 0.249 e. The van der Waals surface area contributed by atoms with Gasteiger partial charge in [0, 0.05) is 25.0 Å². The monoisotopic (exact) mass is 447 g/mol. The van der Waals surface area contributed by atoms with Crippen molar-refractivity contribution < 1.29 is 27.9 Å². The van der Waals surface area contributed by atoms with Crippen LogP contribution in [0.1, 0.15) is 54.8 Å². The lowest BCUT2D eigenvalue weighted by Gasteiger charge is -2.32. The van der Waals surface area contributed by atoms with Crippen LogP contribution < -0.4 is 0 Å². The number of rotatable bonds is 6. The zero-order chi connectivity index (χ0) is 22.7. The van der Waals surface area contributed by atoms with Gasteiger partial charge >= 0.3 is 0 Å². The number of halogens is 3. The average Bonchev–Trinajstić information content (AvgIpc) is 3.25. The van der Waals surface area contributed by atoms with Crippen molar-refractivity contribution in [1.29, 1.82) is 0 Å². The van der Waals surface area contributed by atoms with Crippen LogP contribution in [0.25, 0.3) is 0 Å². The van der Waals surface area contributed by atoms with Crippen LogP contribution in [-0.4, -0.2) is 29.3 Å². The molecule has 1 saturated carbocycles. The van der Waals surface area contributed by atoms with Gasteiger partial charge in [0.2, 0.25) is 5.91 Å². The van der Waals surface area contributed by atoms with Gasteiger partial charge in [0.1, 0.15) is 17.5 Å². The number of hydroxylamine groups is 2. The second kappa shape index (κ2) is 10.0. The van der Waals surface area contributed by atoms with Crippen molar-refractivity contribution in [2.24, 2.45) is 11.8 Å². The van der Waals surface area contributed by atoms with Crippen molar-refractivity contribution in [1.82, 2.24) is 5.06 Å². The Morgan fingerprint density at radius 3 is 2.38 bits per heavy atom. The Bertz CT molecular complexity index is 939. The minimum Gasteiger partial charge on any atom is -0.396 e. The quantitative estimate of drug-likeness (QED) is 0.686. The van der Waals surface area contributed by atoms with E-state index in [0.717, 1.165) is 30.9 Å². The summed E-state index contributed by atoms with van der Waals surface area (Å²) < 4.78 is 41.4. The third kappa shape index (κ3) is 5.15. The predicted molar refractivity (Wildman–Crippen MR) is 113 cm³/mol. The van der Waals surface area contributed by atoms with E-state index < -0.39 is 17.7 Å². The summed E-state index contributed by atoms with van der Waals surface area (Å²) in [7, 11) is 0. The standard InChI is InChI=1S/C25H28F3NO3/c26-21-13-20(14-22(27)15-21)24-8-10-32-29(24)25(31)19-5-1-16(2-6-19)11-17-3-4-18(7-9-30)23(28)12-17/h3-4,12-16,19,24,30H,1-2,5-11H2/t16-,19-,24-/m0/s1. The zero-order valence-electron chi connectivity index (χ0n) is 17.9. The molecule has 2 aromatic rings. The SMILES string of the molecule is O=C([C@H]1CC[C@H](Cc2ccc(CCO)c(F)c2)CC1)N1OCC[C@H]1c1cc(F)cc(F)c1. The van der Waals surface area contributed by atoms with E-state index in [0.29, 0.717) is 49.3 Å². The van der Waals surface area contributed by atoms with Gasteiger partial charge in [-0.3, -0.25) is 9.63 Å². The normalized spacial score (nSPS) is 23.5. The number of amides is 1. The van der Waals surface area contributed by atoms with Crippen molar-refractivity contribution in [3.63, 3.8) is 0 Å². The summed E-state index contributed by atoms with van der Waals surface area (Å²) >= 11 is 0. The third-order valence-corrected chi connectivity index (χ3v) is 6.61. The van der Waals surface area contributed by atoms with E-state index in [1.54, 1.807) is 12.1 Å². The van der Waals surface area contributed by atoms with Crippen LogP contribution in [0, 0.1) is 29.3 Å². The molecule has 1 amide bonds. The molecule has 4 rings (SSSR count). The van der Waals surface area contributed by atoms with Gasteiger partial charge in [-0.15, -0.1) is 0 Å². The fourth-order valence-corrected chi connectivity index (χ4v) is 4.92. The maximum atomic E-state index is 14.1. The van der Waals surface area contributed by atoms with Crippen LogP contribution >= 0.6 is 0 Å². The van der Waals surface area contributed by atoms with Gasteiger partial charge in [0.25, 0.3) is 0 Å². The number of carbonyl (C=O) groups is 1. The number of benzene rings is 2. The summed E-state index contributed by atoms with van der Waals surface area (Å²) in [5.41, 5.74) is 1.85. The first-order valence-electron chi connectivity index (χ1n) is 11.2. The molecule has 0 radical (unpaired) electrons. The smallest absolute Gasteiger partial charge is 0.249 e. The Morgan fingerprint density at radius 1 is 1.00 bits per heavy atom. The summed E-state index contributed by atoms with van der Waals surface area (Å²) in [6.07, 6.45) is 4.68. The lowest BCUT2D eigenvalue weighted by molar-refractivity contribution is -0.183. The Kier molecular flexibility index (Phi) is 7.16. The van der Waals surface area contributed by atoms with E-state index in [1.165, 1.54) is 17.2 Å². The van der Waals surface area contributed by atoms with E-state index in [-0.39, 0.29) is 24.2 Å². The lowest BCUT2D eigenvalue weighted by atomic mass is 9.78. The van der Waals surface area contributed by atoms with E-state index in [4.69, 9.17) is 9.94 Å². The molecule has 4 nitrogen and oxygen atoms in total. The van der Waals surface area contributed by atoms with Gasteiger partial charge in [-0.1, -0.05) is 12.1 Å². The maximum absolute atomic E-state index is 14.1. The first-order valence-corrected chi connectivity index (χ1v) is 11.2. The summed E-state index contributed by atoms with van der Waals surface area (Å²) in [5, 5.41) is 10.3. The first kappa shape index (κ1) is 22.8. The van der Waals surface area contributed by atoms with Gasteiger partial charge in [-0.05, 0) is 79.3 Å². The molecule has 172 valence electrons. The number of aliphatic hydroxyl groups is 1. The number of carbonyl (C=O) groups excluding carboxylic acids is 1. The number of aliphatic hydroxyl groups excluding tert-OH is 1. The first-order chi connectivity index (χ1) is 15.4. The average molecular weight is 447 g/mol. The fourth-order valence-electron chi connectivity index (χ4n) is 4.92. The van der Waals surface area contributed by atoms with Crippen LogP contribution in [0.15, 0.2) is 36.4 Å². The van der Waals surface area contributed by atoms with Gasteiger partial charge in [-0.2, -0.15) is 0 Å². The van der Waals surface area contributed by atoms with Crippen LogP contribution in [0.5, 0.6) is 0 Å². The van der Waals surface area contributed by atoms with Crippen LogP contribution in [0.4, 0.5) is 13.2 Å². The number of hydrogen-bond acceptors (Lipinski definition) is 3. The van der Waals surface area contributed by atoms with Crippen LogP contribution in [0.2, 0.25) is 0 Å². The molecule has 1 aliphatic carbocycles. The Morgan fingerprint density at radius 2 is 1.72 bits per heavy atom. The minimum atomic E-state index is -0.666. The summed E-state index contributed by atoms with van der Waals surface area (Å²) in [4.78, 5) is 18.7. The highest BCUT2D eigenvalue weighted by molar-refractivity contribution is 5.78. The molecule has 1 saturated heterocycles. The molecule has 2 aliphatic rings.